The van der Waals surface area contributed by atoms with Gasteiger partial charge in [-0.05, 0) is 35.0 Å². The van der Waals surface area contributed by atoms with Crippen molar-refractivity contribution in [2.45, 2.75) is 13.3 Å². The quantitative estimate of drug-likeness (QED) is 0.362. The average Bonchev–Trinajstić information content (AvgIpc) is 2.65. The van der Waals surface area contributed by atoms with Crippen molar-refractivity contribution in [3.05, 3.63) is 20.8 Å². The van der Waals surface area contributed by atoms with Crippen LogP contribution in [0.2, 0.25) is 0 Å². The Labute approximate surface area is 105 Å². The zero-order chi connectivity index (χ0) is 12.1. The van der Waals surface area contributed by atoms with E-state index in [1.807, 2.05) is 0 Å². The number of thiophene rings is 1. The maximum atomic E-state index is 11.5. The van der Waals surface area contributed by atoms with Crippen molar-refractivity contribution >= 4 is 44.8 Å². The summed E-state index contributed by atoms with van der Waals surface area (Å²) in [6.45, 7) is 1.73. The van der Waals surface area contributed by atoms with E-state index in [2.05, 4.69) is 20.7 Å². The molecule has 4 nitrogen and oxygen atoms in total. The zero-order valence-corrected chi connectivity index (χ0v) is 10.9. The van der Waals surface area contributed by atoms with Crippen molar-refractivity contribution in [2.24, 2.45) is 0 Å². The fraction of sp³-hybridized carbons (Fsp3) is 0.300. The molecule has 0 aliphatic carbocycles. The maximum absolute atomic E-state index is 11.5. The van der Waals surface area contributed by atoms with Crippen molar-refractivity contribution in [2.75, 3.05) is 6.61 Å². The molecule has 0 radical (unpaired) electrons. The lowest BCUT2D eigenvalue weighted by Gasteiger charge is -1.99. The fourth-order valence-corrected chi connectivity index (χ4v) is 2.30. The first kappa shape index (κ1) is 13.1. The zero-order valence-electron chi connectivity index (χ0n) is 8.49. The number of rotatable bonds is 5. The molecule has 0 N–H and O–H groups in total. The largest absolute Gasteiger partial charge is 0.460 e. The Morgan fingerprint density at radius 2 is 2.06 bits per heavy atom. The van der Waals surface area contributed by atoms with Crippen LogP contribution in [0.4, 0.5) is 0 Å². The minimum Gasteiger partial charge on any atom is -0.460 e. The summed E-state index contributed by atoms with van der Waals surface area (Å²) in [6, 6.07) is 3.32. The van der Waals surface area contributed by atoms with E-state index in [0.717, 1.165) is 3.79 Å². The number of carbonyl (C=O) groups is 3. The highest BCUT2D eigenvalue weighted by Gasteiger charge is 2.20. The first-order valence-electron chi connectivity index (χ1n) is 4.53. The van der Waals surface area contributed by atoms with Crippen LogP contribution in [-0.4, -0.2) is 24.1 Å². The highest BCUT2D eigenvalue weighted by Crippen LogP contribution is 2.23. The molecular formula is C10H9BrO4S. The smallest absolute Gasteiger partial charge is 0.375 e. The standard InChI is InChI=1S/C10H9BrO4S/c1-2-15-10(14)7(13)5-6(12)8-3-4-9(11)16-8/h3-4H,2,5H2,1H3. The van der Waals surface area contributed by atoms with Crippen molar-refractivity contribution in [1.29, 1.82) is 0 Å². The van der Waals surface area contributed by atoms with Crippen LogP contribution in [0.3, 0.4) is 0 Å². The molecule has 86 valence electrons. The van der Waals surface area contributed by atoms with Gasteiger partial charge in [0, 0.05) is 0 Å². The van der Waals surface area contributed by atoms with E-state index in [-0.39, 0.29) is 12.4 Å². The van der Waals surface area contributed by atoms with E-state index in [1.54, 1.807) is 19.1 Å². The van der Waals surface area contributed by atoms with E-state index in [0.29, 0.717) is 4.88 Å². The van der Waals surface area contributed by atoms with Crippen LogP contribution in [0, 0.1) is 0 Å². The van der Waals surface area contributed by atoms with Crippen LogP contribution in [-0.2, 0) is 14.3 Å². The molecule has 1 rings (SSSR count). The maximum Gasteiger partial charge on any atom is 0.375 e. The molecule has 1 aromatic heterocycles. The summed E-state index contributed by atoms with van der Waals surface area (Å²) >= 11 is 4.44. The number of carbonyl (C=O) groups excluding carboxylic acids is 3. The predicted octanol–water partition coefficient (Wildman–Crippen LogP) is 2.22. The molecule has 0 atom stereocenters. The summed E-state index contributed by atoms with van der Waals surface area (Å²) in [5.41, 5.74) is 0. The summed E-state index contributed by atoms with van der Waals surface area (Å²) in [6.07, 6.45) is -0.439. The molecule has 16 heavy (non-hydrogen) atoms. The summed E-state index contributed by atoms with van der Waals surface area (Å²) in [7, 11) is 0. The van der Waals surface area contributed by atoms with Gasteiger partial charge in [-0.1, -0.05) is 0 Å². The minimum absolute atomic E-state index is 0.128. The van der Waals surface area contributed by atoms with Crippen molar-refractivity contribution in [1.82, 2.24) is 0 Å². The van der Waals surface area contributed by atoms with Crippen molar-refractivity contribution in [3.8, 4) is 0 Å². The van der Waals surface area contributed by atoms with Gasteiger partial charge < -0.3 is 4.74 Å². The Morgan fingerprint density at radius 3 is 2.56 bits per heavy atom. The van der Waals surface area contributed by atoms with Gasteiger partial charge in [0.2, 0.25) is 5.78 Å². The molecule has 1 aromatic rings. The molecule has 0 unspecified atom stereocenters. The van der Waals surface area contributed by atoms with Crippen LogP contribution in [0.25, 0.3) is 0 Å². The molecule has 0 saturated carbocycles. The Kier molecular flexibility index (Phi) is 4.82. The van der Waals surface area contributed by atoms with Gasteiger partial charge in [-0.25, -0.2) is 4.79 Å². The molecule has 0 aliphatic rings. The average molecular weight is 305 g/mol. The van der Waals surface area contributed by atoms with Gasteiger partial charge in [0.15, 0.2) is 5.78 Å². The van der Waals surface area contributed by atoms with Crippen LogP contribution in [0.15, 0.2) is 15.9 Å². The summed E-state index contributed by atoms with van der Waals surface area (Å²) < 4.78 is 5.30. The highest BCUT2D eigenvalue weighted by molar-refractivity contribution is 9.11. The predicted molar refractivity (Wildman–Crippen MR) is 62.6 cm³/mol. The van der Waals surface area contributed by atoms with Crippen LogP contribution in [0.1, 0.15) is 23.0 Å². The number of ether oxygens (including phenoxy) is 1. The molecule has 0 bridgehead atoms. The molecule has 6 heteroatoms. The monoisotopic (exact) mass is 304 g/mol. The Balaban J connectivity index is 2.58. The second kappa shape index (κ2) is 5.91. The molecule has 0 fully saturated rings. The van der Waals surface area contributed by atoms with Crippen LogP contribution >= 0.6 is 27.3 Å². The number of esters is 1. The Morgan fingerprint density at radius 1 is 1.38 bits per heavy atom. The number of Topliss-reactive ketones (excluding diaryl/α,β-unsaturated/α-hetero) is 2. The Bertz CT molecular complexity index is 424. The van der Waals surface area contributed by atoms with Gasteiger partial charge >= 0.3 is 5.97 Å². The molecule has 0 aliphatic heterocycles. The molecule has 1 heterocycles. The highest BCUT2D eigenvalue weighted by atomic mass is 79.9. The number of ketones is 2. The lowest BCUT2D eigenvalue weighted by Crippen LogP contribution is -2.20. The first-order chi connectivity index (χ1) is 7.54. The van der Waals surface area contributed by atoms with Crippen LogP contribution in [0.5, 0.6) is 0 Å². The van der Waals surface area contributed by atoms with Gasteiger partial charge in [-0.15, -0.1) is 11.3 Å². The van der Waals surface area contributed by atoms with E-state index < -0.39 is 18.2 Å². The molecule has 0 amide bonds. The topological polar surface area (TPSA) is 60.4 Å². The van der Waals surface area contributed by atoms with Crippen molar-refractivity contribution in [3.63, 3.8) is 0 Å². The third kappa shape index (κ3) is 3.53. The van der Waals surface area contributed by atoms with E-state index in [1.165, 1.54) is 11.3 Å². The molecule has 0 spiro atoms. The van der Waals surface area contributed by atoms with E-state index >= 15 is 0 Å². The normalized spacial score (nSPS) is 9.88. The summed E-state index contributed by atoms with van der Waals surface area (Å²) in [5, 5.41) is 0. The summed E-state index contributed by atoms with van der Waals surface area (Å²) in [4.78, 5) is 34.2. The third-order valence-corrected chi connectivity index (χ3v) is 3.34. The molecule has 0 saturated heterocycles. The first-order valence-corrected chi connectivity index (χ1v) is 6.14. The minimum atomic E-state index is -0.952. The molecule has 0 aromatic carbocycles. The fourth-order valence-electron chi connectivity index (χ4n) is 0.981. The van der Waals surface area contributed by atoms with Gasteiger partial charge in [0.05, 0.1) is 21.7 Å². The van der Waals surface area contributed by atoms with Crippen LogP contribution < -0.4 is 0 Å². The number of hydrogen-bond acceptors (Lipinski definition) is 5. The third-order valence-electron chi connectivity index (χ3n) is 1.67. The lowest BCUT2D eigenvalue weighted by atomic mass is 10.2. The van der Waals surface area contributed by atoms with Gasteiger partial charge in [0.1, 0.15) is 0 Å². The second-order valence-corrected chi connectivity index (χ2v) is 5.31. The van der Waals surface area contributed by atoms with Crippen molar-refractivity contribution < 1.29 is 19.1 Å². The number of halogens is 1. The van der Waals surface area contributed by atoms with E-state index in [4.69, 9.17) is 0 Å². The summed E-state index contributed by atoms with van der Waals surface area (Å²) in [5.74, 6) is -2.13. The Hall–Kier alpha value is -1.01. The lowest BCUT2D eigenvalue weighted by molar-refractivity contribution is -0.153. The van der Waals surface area contributed by atoms with E-state index in [9.17, 15) is 14.4 Å². The van der Waals surface area contributed by atoms with Gasteiger partial charge in [-0.3, -0.25) is 9.59 Å². The van der Waals surface area contributed by atoms with Gasteiger partial charge in [-0.2, -0.15) is 0 Å². The SMILES string of the molecule is CCOC(=O)C(=O)CC(=O)c1ccc(Br)s1. The number of hydrogen-bond donors (Lipinski definition) is 0. The molecular weight excluding hydrogens is 296 g/mol. The van der Waals surface area contributed by atoms with Gasteiger partial charge in [0.25, 0.3) is 0 Å². The second-order valence-electron chi connectivity index (χ2n) is 2.85.